The lowest BCUT2D eigenvalue weighted by Crippen LogP contribution is -2.43. The summed E-state index contributed by atoms with van der Waals surface area (Å²) >= 11 is 0. The van der Waals surface area contributed by atoms with Crippen LogP contribution in [0.25, 0.3) is 0 Å². The highest BCUT2D eigenvalue weighted by Gasteiger charge is 2.27. The zero-order valence-electron chi connectivity index (χ0n) is 22.4. The van der Waals surface area contributed by atoms with Gasteiger partial charge in [-0.1, -0.05) is 54.6 Å². The van der Waals surface area contributed by atoms with Crippen LogP contribution in [0.5, 0.6) is 17.2 Å². The summed E-state index contributed by atoms with van der Waals surface area (Å²) in [5.41, 5.74) is 2.74. The number of ether oxygens (including phenoxy) is 4. The first kappa shape index (κ1) is 28.5. The van der Waals surface area contributed by atoms with Gasteiger partial charge in [-0.25, -0.2) is 4.79 Å². The number of esters is 1. The molecule has 0 spiro atoms. The second-order valence-corrected chi connectivity index (χ2v) is 8.75. The van der Waals surface area contributed by atoms with E-state index < -0.39 is 18.1 Å². The molecular weight excluding hydrogens is 484 g/mol. The quantitative estimate of drug-likeness (QED) is 0.246. The number of rotatable bonds is 14. The molecule has 8 nitrogen and oxygen atoms in total. The maximum Gasteiger partial charge on any atom is 0.329 e. The van der Waals surface area contributed by atoms with Crippen molar-refractivity contribution in [3.8, 4) is 17.2 Å². The molecule has 38 heavy (non-hydrogen) atoms. The van der Waals surface area contributed by atoms with E-state index in [1.165, 1.54) is 6.92 Å². The van der Waals surface area contributed by atoms with E-state index in [0.29, 0.717) is 36.8 Å². The molecule has 3 aromatic carbocycles. The van der Waals surface area contributed by atoms with Crippen molar-refractivity contribution < 1.29 is 28.5 Å². The van der Waals surface area contributed by atoms with E-state index in [1.807, 2.05) is 72.8 Å². The van der Waals surface area contributed by atoms with Crippen LogP contribution in [0.15, 0.2) is 72.8 Å². The standard InChI is InChI=1S/C30H36N2O6/c1-21(33)32-25(18-22-10-6-5-7-11-22)30(34)38-29(24-12-8-9-13-26(24)35-2)20-31-17-16-23-14-15-27(36-3)28(19-23)37-4/h5-15,19,25,29,31H,16-18,20H2,1-4H3,(H,32,33)/t25-,29?/m0/s1. The second kappa shape index (κ2) is 14.6. The predicted octanol–water partition coefficient (Wildman–Crippen LogP) is 3.88. The van der Waals surface area contributed by atoms with Crippen molar-refractivity contribution in [1.82, 2.24) is 10.6 Å². The largest absolute Gasteiger partial charge is 0.496 e. The minimum absolute atomic E-state index is 0.301. The van der Waals surface area contributed by atoms with E-state index in [0.717, 1.165) is 23.1 Å². The van der Waals surface area contributed by atoms with Gasteiger partial charge in [-0.2, -0.15) is 0 Å². The Labute approximate surface area is 224 Å². The van der Waals surface area contributed by atoms with Crippen LogP contribution in [0.2, 0.25) is 0 Å². The van der Waals surface area contributed by atoms with Crippen molar-refractivity contribution in [3.05, 3.63) is 89.5 Å². The van der Waals surface area contributed by atoms with Crippen LogP contribution in [-0.4, -0.2) is 52.3 Å². The fraction of sp³-hybridized carbons (Fsp3) is 0.333. The lowest BCUT2D eigenvalue weighted by Gasteiger charge is -2.24. The molecule has 3 rings (SSSR count). The van der Waals surface area contributed by atoms with Gasteiger partial charge in [0.1, 0.15) is 17.9 Å². The highest BCUT2D eigenvalue weighted by molar-refractivity contribution is 5.83. The maximum atomic E-state index is 13.3. The summed E-state index contributed by atoms with van der Waals surface area (Å²) in [7, 11) is 4.80. The fourth-order valence-corrected chi connectivity index (χ4v) is 4.16. The average Bonchev–Trinajstić information content (AvgIpc) is 2.94. The van der Waals surface area contributed by atoms with Gasteiger partial charge in [0.05, 0.1) is 21.3 Å². The van der Waals surface area contributed by atoms with Gasteiger partial charge in [0.2, 0.25) is 5.91 Å². The normalized spacial score (nSPS) is 12.2. The average molecular weight is 521 g/mol. The molecule has 1 unspecified atom stereocenters. The van der Waals surface area contributed by atoms with Crippen LogP contribution in [0.3, 0.4) is 0 Å². The molecule has 0 heterocycles. The highest BCUT2D eigenvalue weighted by Crippen LogP contribution is 2.29. The van der Waals surface area contributed by atoms with Crippen LogP contribution < -0.4 is 24.8 Å². The van der Waals surface area contributed by atoms with Crippen LogP contribution in [0.1, 0.15) is 29.7 Å². The zero-order chi connectivity index (χ0) is 27.3. The second-order valence-electron chi connectivity index (χ2n) is 8.75. The number of methoxy groups -OCH3 is 3. The Bertz CT molecular complexity index is 1180. The van der Waals surface area contributed by atoms with Crippen molar-refractivity contribution in [2.75, 3.05) is 34.4 Å². The Morgan fingerprint density at radius 1 is 0.789 bits per heavy atom. The van der Waals surface area contributed by atoms with Crippen molar-refractivity contribution in [1.29, 1.82) is 0 Å². The summed E-state index contributed by atoms with van der Waals surface area (Å²) in [6.07, 6.45) is 0.427. The summed E-state index contributed by atoms with van der Waals surface area (Å²) in [6.45, 7) is 2.38. The first-order valence-corrected chi connectivity index (χ1v) is 12.5. The molecule has 0 aliphatic carbocycles. The van der Waals surface area contributed by atoms with Gasteiger partial charge in [0.15, 0.2) is 11.5 Å². The first-order valence-electron chi connectivity index (χ1n) is 12.5. The number of amides is 1. The van der Waals surface area contributed by atoms with Gasteiger partial charge >= 0.3 is 5.97 Å². The number of hydrogen-bond acceptors (Lipinski definition) is 7. The van der Waals surface area contributed by atoms with Gasteiger partial charge in [-0.3, -0.25) is 4.79 Å². The SMILES string of the molecule is COc1ccc(CCNCC(OC(=O)[C@H](Cc2ccccc2)NC(C)=O)c2ccccc2OC)cc1OC. The fourth-order valence-electron chi connectivity index (χ4n) is 4.16. The van der Waals surface area contributed by atoms with Gasteiger partial charge in [0, 0.05) is 25.5 Å². The van der Waals surface area contributed by atoms with E-state index in [1.54, 1.807) is 21.3 Å². The van der Waals surface area contributed by atoms with E-state index >= 15 is 0 Å². The highest BCUT2D eigenvalue weighted by atomic mass is 16.5. The monoisotopic (exact) mass is 520 g/mol. The van der Waals surface area contributed by atoms with Crippen molar-refractivity contribution >= 4 is 11.9 Å². The first-order chi connectivity index (χ1) is 18.4. The number of para-hydroxylation sites is 1. The van der Waals surface area contributed by atoms with Crippen molar-refractivity contribution in [2.24, 2.45) is 0 Å². The number of carbonyl (C=O) groups is 2. The molecule has 2 atom stereocenters. The predicted molar refractivity (Wildman–Crippen MR) is 146 cm³/mol. The minimum Gasteiger partial charge on any atom is -0.496 e. The summed E-state index contributed by atoms with van der Waals surface area (Å²) in [6, 6.07) is 21.9. The zero-order valence-corrected chi connectivity index (χ0v) is 22.4. The molecule has 0 aromatic heterocycles. The lowest BCUT2D eigenvalue weighted by molar-refractivity contribution is -0.153. The van der Waals surface area contributed by atoms with Gasteiger partial charge in [0.25, 0.3) is 0 Å². The Morgan fingerprint density at radius 3 is 2.16 bits per heavy atom. The molecule has 0 saturated carbocycles. The van der Waals surface area contributed by atoms with Gasteiger partial charge in [-0.15, -0.1) is 0 Å². The molecule has 0 bridgehead atoms. The van der Waals surface area contributed by atoms with Crippen molar-refractivity contribution in [3.63, 3.8) is 0 Å². The maximum absolute atomic E-state index is 13.3. The number of hydrogen-bond donors (Lipinski definition) is 2. The molecule has 1 amide bonds. The van der Waals surface area contributed by atoms with Crippen LogP contribution in [-0.2, 0) is 27.2 Å². The number of carbonyl (C=O) groups excluding carboxylic acids is 2. The Kier molecular flexibility index (Phi) is 11.0. The van der Waals surface area contributed by atoms with Crippen LogP contribution >= 0.6 is 0 Å². The van der Waals surface area contributed by atoms with E-state index in [-0.39, 0.29) is 5.91 Å². The smallest absolute Gasteiger partial charge is 0.329 e. The molecule has 0 radical (unpaired) electrons. The van der Waals surface area contributed by atoms with Crippen LogP contribution in [0.4, 0.5) is 0 Å². The molecule has 0 saturated heterocycles. The number of nitrogens with one attached hydrogen (secondary N) is 2. The summed E-state index contributed by atoms with van der Waals surface area (Å²) in [5, 5.41) is 6.13. The van der Waals surface area contributed by atoms with E-state index in [9.17, 15) is 9.59 Å². The molecule has 8 heteroatoms. The van der Waals surface area contributed by atoms with Crippen LogP contribution in [0, 0.1) is 0 Å². The van der Waals surface area contributed by atoms with Gasteiger partial charge < -0.3 is 29.6 Å². The van der Waals surface area contributed by atoms with Gasteiger partial charge in [-0.05, 0) is 42.3 Å². The number of benzene rings is 3. The summed E-state index contributed by atoms with van der Waals surface area (Å²) < 4.78 is 22.2. The third kappa shape index (κ3) is 8.24. The van der Waals surface area contributed by atoms with E-state index in [2.05, 4.69) is 10.6 Å². The molecule has 2 N–H and O–H groups in total. The molecule has 202 valence electrons. The molecule has 0 aliphatic heterocycles. The lowest BCUT2D eigenvalue weighted by atomic mass is 10.0. The Morgan fingerprint density at radius 2 is 1.47 bits per heavy atom. The summed E-state index contributed by atoms with van der Waals surface area (Å²) in [5.74, 6) is 1.15. The Hall–Kier alpha value is -4.04. The molecule has 0 fully saturated rings. The topological polar surface area (TPSA) is 95.1 Å². The molecule has 0 aliphatic rings. The molecule has 3 aromatic rings. The Balaban J connectivity index is 1.72. The van der Waals surface area contributed by atoms with E-state index in [4.69, 9.17) is 18.9 Å². The summed E-state index contributed by atoms with van der Waals surface area (Å²) in [4.78, 5) is 25.2. The minimum atomic E-state index is -0.820. The third-order valence-corrected chi connectivity index (χ3v) is 6.06. The third-order valence-electron chi connectivity index (χ3n) is 6.06. The van der Waals surface area contributed by atoms with Crippen molar-refractivity contribution in [2.45, 2.75) is 31.9 Å². The molecular formula is C30H36N2O6.